The normalized spacial score (nSPS) is 12.3. The molecular formula is C5H5F3O5S. The van der Waals surface area contributed by atoms with E-state index >= 15 is 0 Å². The summed E-state index contributed by atoms with van der Waals surface area (Å²) in [4.78, 5) is 9.08. The third-order valence-electron chi connectivity index (χ3n) is 0.919. The molecule has 82 valence electrons. The van der Waals surface area contributed by atoms with Gasteiger partial charge < -0.3 is 4.74 Å². The molecule has 0 spiro atoms. The summed E-state index contributed by atoms with van der Waals surface area (Å²) >= 11 is 0. The van der Waals surface area contributed by atoms with E-state index in [0.717, 1.165) is 7.11 Å². The lowest BCUT2D eigenvalue weighted by molar-refractivity contribution is -0.271. The first-order chi connectivity index (χ1) is 6.10. The number of carbonyl (C=O) groups is 1. The van der Waals surface area contributed by atoms with E-state index in [1.807, 2.05) is 0 Å². The Labute approximate surface area is 77.2 Å². The predicted molar refractivity (Wildman–Crippen MR) is 37.2 cm³/mol. The Morgan fingerprint density at radius 3 is 2.07 bits per heavy atom. The Hall–Kier alpha value is -1.09. The SMILES string of the molecule is C=C(C(=O)OC)S(=O)(=O)OC(F)(F)F. The smallest absolute Gasteiger partial charge is 0.465 e. The zero-order valence-corrected chi connectivity index (χ0v) is 7.61. The number of hydrogen-bond acceptors (Lipinski definition) is 5. The van der Waals surface area contributed by atoms with Gasteiger partial charge in [-0.05, 0) is 0 Å². The number of ether oxygens (including phenoxy) is 1. The van der Waals surface area contributed by atoms with E-state index in [2.05, 4.69) is 15.5 Å². The molecule has 0 amide bonds. The molecule has 0 unspecified atom stereocenters. The molecule has 0 rings (SSSR count). The van der Waals surface area contributed by atoms with Gasteiger partial charge in [-0.1, -0.05) is 6.58 Å². The summed E-state index contributed by atoms with van der Waals surface area (Å²) in [5.74, 6) is -1.52. The van der Waals surface area contributed by atoms with Crippen molar-refractivity contribution in [3.63, 3.8) is 0 Å². The Morgan fingerprint density at radius 2 is 1.79 bits per heavy atom. The van der Waals surface area contributed by atoms with Gasteiger partial charge in [-0.15, -0.1) is 13.2 Å². The Balaban J connectivity index is 4.83. The highest BCUT2D eigenvalue weighted by molar-refractivity contribution is 7.91. The van der Waals surface area contributed by atoms with E-state index in [9.17, 15) is 26.4 Å². The lowest BCUT2D eigenvalue weighted by atomic mass is 10.6. The van der Waals surface area contributed by atoms with Crippen molar-refractivity contribution in [3.8, 4) is 0 Å². The van der Waals surface area contributed by atoms with Crippen molar-refractivity contribution in [2.45, 2.75) is 6.36 Å². The van der Waals surface area contributed by atoms with E-state index in [1.54, 1.807) is 0 Å². The molecule has 0 aliphatic carbocycles. The number of halogens is 3. The fourth-order valence-electron chi connectivity index (χ4n) is 0.391. The Bertz CT molecular complexity index is 341. The van der Waals surface area contributed by atoms with Crippen molar-refractivity contribution >= 4 is 16.1 Å². The topological polar surface area (TPSA) is 69.7 Å². The first-order valence-electron chi connectivity index (χ1n) is 2.90. The Kier molecular flexibility index (Phi) is 3.66. The molecule has 0 aliphatic heterocycles. The maximum atomic E-state index is 11.5. The van der Waals surface area contributed by atoms with Crippen LogP contribution in [0.15, 0.2) is 11.5 Å². The molecule has 0 aliphatic rings. The van der Waals surface area contributed by atoms with Crippen LogP contribution in [0.4, 0.5) is 13.2 Å². The summed E-state index contributed by atoms with van der Waals surface area (Å²) in [5.41, 5.74) is 0. The highest BCUT2D eigenvalue weighted by atomic mass is 32.2. The molecule has 0 saturated carbocycles. The van der Waals surface area contributed by atoms with Crippen LogP contribution in [0.2, 0.25) is 0 Å². The molecule has 0 saturated heterocycles. The summed E-state index contributed by atoms with van der Waals surface area (Å²) in [5, 5.41) is 0. The van der Waals surface area contributed by atoms with Crippen molar-refractivity contribution in [2.75, 3.05) is 7.11 Å². The molecule has 0 N–H and O–H groups in total. The first-order valence-corrected chi connectivity index (χ1v) is 4.30. The van der Waals surface area contributed by atoms with Crippen LogP contribution in [0.25, 0.3) is 0 Å². The quantitative estimate of drug-likeness (QED) is 0.405. The van der Waals surface area contributed by atoms with E-state index in [0.29, 0.717) is 0 Å². The number of alkyl halides is 3. The minimum Gasteiger partial charge on any atom is -0.465 e. The average Bonchev–Trinajstić information content (AvgIpc) is 1.97. The molecule has 0 aromatic heterocycles. The fraction of sp³-hybridized carbons (Fsp3) is 0.400. The van der Waals surface area contributed by atoms with Gasteiger partial charge in [0, 0.05) is 0 Å². The van der Waals surface area contributed by atoms with Crippen molar-refractivity contribution in [1.82, 2.24) is 0 Å². The monoisotopic (exact) mass is 234 g/mol. The average molecular weight is 234 g/mol. The second-order valence-corrected chi connectivity index (χ2v) is 3.47. The molecule has 0 radical (unpaired) electrons. The second kappa shape index (κ2) is 3.96. The molecule has 0 aromatic rings. The van der Waals surface area contributed by atoms with Crippen molar-refractivity contribution in [3.05, 3.63) is 11.5 Å². The number of hydrogen-bond donors (Lipinski definition) is 0. The van der Waals surface area contributed by atoms with Gasteiger partial charge in [-0.3, -0.25) is 0 Å². The van der Waals surface area contributed by atoms with E-state index < -0.39 is 27.4 Å². The molecular weight excluding hydrogens is 229 g/mol. The summed E-state index contributed by atoms with van der Waals surface area (Å²) in [6.45, 7) is 2.59. The number of carbonyl (C=O) groups excluding carboxylic acids is 1. The minimum absolute atomic E-state index is 0.788. The minimum atomic E-state index is -5.41. The number of esters is 1. The van der Waals surface area contributed by atoms with Gasteiger partial charge >= 0.3 is 22.4 Å². The van der Waals surface area contributed by atoms with Gasteiger partial charge in [0.15, 0.2) is 4.91 Å². The zero-order chi connectivity index (χ0) is 11.6. The zero-order valence-electron chi connectivity index (χ0n) is 6.79. The maximum absolute atomic E-state index is 11.5. The van der Waals surface area contributed by atoms with Crippen LogP contribution in [-0.4, -0.2) is 27.9 Å². The van der Waals surface area contributed by atoms with Crippen LogP contribution in [0, 0.1) is 0 Å². The molecule has 0 heterocycles. The van der Waals surface area contributed by atoms with Crippen LogP contribution in [0.3, 0.4) is 0 Å². The number of methoxy groups -OCH3 is 1. The fourth-order valence-corrected chi connectivity index (χ4v) is 1.03. The lowest BCUT2D eigenvalue weighted by Crippen LogP contribution is -2.24. The van der Waals surface area contributed by atoms with Crippen LogP contribution in [0.5, 0.6) is 0 Å². The van der Waals surface area contributed by atoms with Crippen LogP contribution >= 0.6 is 0 Å². The van der Waals surface area contributed by atoms with Gasteiger partial charge in [0.2, 0.25) is 0 Å². The summed E-state index contributed by atoms with van der Waals surface area (Å²) in [6, 6.07) is 0. The highest BCUT2D eigenvalue weighted by Gasteiger charge is 2.40. The summed E-state index contributed by atoms with van der Waals surface area (Å²) in [7, 11) is -4.43. The molecule has 14 heavy (non-hydrogen) atoms. The Morgan fingerprint density at radius 1 is 1.36 bits per heavy atom. The van der Waals surface area contributed by atoms with Crippen molar-refractivity contribution in [1.29, 1.82) is 0 Å². The largest absolute Gasteiger partial charge is 0.537 e. The molecule has 0 bridgehead atoms. The summed E-state index contributed by atoms with van der Waals surface area (Å²) < 4.78 is 62.2. The summed E-state index contributed by atoms with van der Waals surface area (Å²) in [6.07, 6.45) is -5.41. The van der Waals surface area contributed by atoms with Crippen LogP contribution in [-0.2, 0) is 23.8 Å². The van der Waals surface area contributed by atoms with Gasteiger partial charge in [0.05, 0.1) is 7.11 Å². The van der Waals surface area contributed by atoms with E-state index in [1.165, 1.54) is 0 Å². The van der Waals surface area contributed by atoms with Gasteiger partial charge in [0.25, 0.3) is 0 Å². The van der Waals surface area contributed by atoms with E-state index in [4.69, 9.17) is 0 Å². The molecule has 5 nitrogen and oxygen atoms in total. The van der Waals surface area contributed by atoms with Crippen LogP contribution < -0.4 is 0 Å². The van der Waals surface area contributed by atoms with Crippen molar-refractivity contribution in [2.24, 2.45) is 0 Å². The lowest BCUT2D eigenvalue weighted by Gasteiger charge is -2.07. The molecule has 0 atom stereocenters. The third-order valence-corrected chi connectivity index (χ3v) is 2.10. The van der Waals surface area contributed by atoms with Crippen molar-refractivity contribution < 1.29 is 35.3 Å². The maximum Gasteiger partial charge on any atom is 0.537 e. The van der Waals surface area contributed by atoms with Gasteiger partial charge in [-0.2, -0.15) is 12.6 Å². The van der Waals surface area contributed by atoms with E-state index in [-0.39, 0.29) is 0 Å². The highest BCUT2D eigenvalue weighted by Crippen LogP contribution is 2.23. The predicted octanol–water partition coefficient (Wildman–Crippen LogP) is 0.539. The number of rotatable bonds is 3. The third kappa shape index (κ3) is 3.75. The molecule has 0 fully saturated rings. The standard InChI is InChI=1S/C5H5F3O5S/c1-3(4(9)12-2)14(10,11)13-5(6,7)8/h1H2,2H3. The molecule has 9 heteroatoms. The van der Waals surface area contributed by atoms with Crippen LogP contribution in [0.1, 0.15) is 0 Å². The van der Waals surface area contributed by atoms with Gasteiger partial charge in [-0.25, -0.2) is 4.79 Å². The second-order valence-electron chi connectivity index (χ2n) is 1.90. The first kappa shape index (κ1) is 12.9. The van der Waals surface area contributed by atoms with Gasteiger partial charge in [0.1, 0.15) is 0 Å². The molecule has 0 aromatic carbocycles.